The van der Waals surface area contributed by atoms with Gasteiger partial charge in [0.2, 0.25) is 0 Å². The second-order valence-electron chi connectivity index (χ2n) is 9.21. The van der Waals surface area contributed by atoms with Crippen LogP contribution in [0.4, 0.5) is 5.69 Å². The number of nitrogens with one attached hydrogen (secondary N) is 1. The molecule has 39 heavy (non-hydrogen) atoms. The van der Waals surface area contributed by atoms with E-state index in [0.29, 0.717) is 13.0 Å². The van der Waals surface area contributed by atoms with E-state index in [1.54, 1.807) is 42.5 Å². The Morgan fingerprint density at radius 2 is 1.62 bits per heavy atom. The van der Waals surface area contributed by atoms with Crippen molar-refractivity contribution in [1.29, 1.82) is 0 Å². The summed E-state index contributed by atoms with van der Waals surface area (Å²) in [5.41, 5.74) is 0.148. The first kappa shape index (κ1) is 29.0. The summed E-state index contributed by atoms with van der Waals surface area (Å²) in [7, 11) is -4.46. The zero-order valence-corrected chi connectivity index (χ0v) is 23.6. The first-order valence-corrected chi connectivity index (χ1v) is 17.5. The van der Waals surface area contributed by atoms with Gasteiger partial charge in [-0.2, -0.15) is 0 Å². The van der Waals surface area contributed by atoms with Gasteiger partial charge in [-0.1, -0.05) is 0 Å². The summed E-state index contributed by atoms with van der Waals surface area (Å²) < 4.78 is 68.7. The van der Waals surface area contributed by atoms with Crippen molar-refractivity contribution in [2.24, 2.45) is 0 Å². The van der Waals surface area contributed by atoms with Crippen LogP contribution in [-0.2, 0) is 33.6 Å². The molecular weight excluding hydrogens is 591 g/mol. The molecule has 1 N–H and O–H groups in total. The Balaban J connectivity index is 1.74. The Kier molecular flexibility index (Phi) is 9.60. The molecule has 12 heteroatoms. The molecule has 3 aromatic rings. The molecule has 0 aromatic heterocycles. The van der Waals surface area contributed by atoms with E-state index in [0.717, 1.165) is 30.5 Å². The average molecular weight is 622 g/mol. The summed E-state index contributed by atoms with van der Waals surface area (Å²) in [6.07, 6.45) is 0.433. The van der Waals surface area contributed by atoms with Crippen LogP contribution in [0, 0.1) is 10.1 Å². The van der Waals surface area contributed by atoms with Gasteiger partial charge in [0.15, 0.2) is 0 Å². The van der Waals surface area contributed by atoms with Crippen LogP contribution in [0.2, 0.25) is 5.32 Å². The Morgan fingerprint density at radius 1 is 0.974 bits per heavy atom. The van der Waals surface area contributed by atoms with Crippen molar-refractivity contribution in [2.75, 3.05) is 6.61 Å². The summed E-state index contributed by atoms with van der Waals surface area (Å²) in [4.78, 5) is 10.3. The first-order valence-electron chi connectivity index (χ1n) is 12.5. The third-order valence-corrected chi connectivity index (χ3v) is 11.6. The topological polar surface area (TPSA) is 142 Å². The number of para-hydroxylation sites is 1. The van der Waals surface area contributed by atoms with E-state index in [-0.39, 0.29) is 10.9 Å². The number of ether oxygens (including phenoxy) is 2. The van der Waals surface area contributed by atoms with Crippen LogP contribution in [0.1, 0.15) is 24.8 Å². The molecule has 0 aliphatic carbocycles. The Morgan fingerprint density at radius 3 is 2.26 bits per heavy atom. The zero-order valence-electron chi connectivity index (χ0n) is 21.1. The van der Waals surface area contributed by atoms with E-state index in [2.05, 4.69) is 4.72 Å². The molecule has 1 fully saturated rings. The van der Waals surface area contributed by atoms with Gasteiger partial charge in [0, 0.05) is 0 Å². The Labute approximate surface area is 229 Å². The summed E-state index contributed by atoms with van der Waals surface area (Å²) in [6, 6.07) is 20.8. The number of hydrogen-bond acceptors (Lipinski definition) is 8. The van der Waals surface area contributed by atoms with Crippen LogP contribution in [0.5, 0.6) is 0 Å². The average Bonchev–Trinajstić information content (AvgIpc) is 2.94. The fourth-order valence-electron chi connectivity index (χ4n) is 4.42. The first-order chi connectivity index (χ1) is 18.7. The number of nitro groups is 1. The van der Waals surface area contributed by atoms with E-state index in [9.17, 15) is 26.2 Å². The van der Waals surface area contributed by atoms with Gasteiger partial charge < -0.3 is 0 Å². The molecule has 0 unspecified atom stereocenters. The van der Waals surface area contributed by atoms with E-state index in [1.165, 1.54) is 24.3 Å². The van der Waals surface area contributed by atoms with E-state index < -0.39 is 62.0 Å². The predicted molar refractivity (Wildman–Crippen MR) is 144 cm³/mol. The van der Waals surface area contributed by atoms with Crippen molar-refractivity contribution in [3.63, 3.8) is 0 Å². The van der Waals surface area contributed by atoms with Crippen molar-refractivity contribution in [1.82, 2.24) is 4.72 Å². The van der Waals surface area contributed by atoms with Gasteiger partial charge in [-0.3, -0.25) is 0 Å². The van der Waals surface area contributed by atoms with E-state index in [1.807, 2.05) is 6.07 Å². The van der Waals surface area contributed by atoms with Crippen LogP contribution < -0.4 is 9.18 Å². The molecule has 4 rings (SSSR count). The molecule has 0 radical (unpaired) electrons. The summed E-state index contributed by atoms with van der Waals surface area (Å²) >= 11 is -4.83. The van der Waals surface area contributed by atoms with Crippen LogP contribution in [0.3, 0.4) is 0 Å². The normalized spacial score (nSPS) is 17.8. The van der Waals surface area contributed by atoms with Crippen LogP contribution in [-0.4, -0.2) is 51.1 Å². The number of sulfonamides is 1. The van der Waals surface area contributed by atoms with Gasteiger partial charge in [-0.05, 0) is 0 Å². The minimum atomic E-state index is -4.83. The van der Waals surface area contributed by atoms with Crippen molar-refractivity contribution >= 4 is 32.9 Å². The number of rotatable bonds is 12. The van der Waals surface area contributed by atoms with Crippen molar-refractivity contribution in [3.05, 3.63) is 101 Å². The maximum absolute atomic E-state index is 13.5. The minimum absolute atomic E-state index is 0.0835. The van der Waals surface area contributed by atoms with Crippen molar-refractivity contribution < 1.29 is 30.5 Å². The molecule has 0 saturated carbocycles. The predicted octanol–water partition coefficient (Wildman–Crippen LogP) is 3.61. The number of nitrogens with zero attached hydrogens (tertiary/aromatic N) is 1. The maximum atomic E-state index is 13.5. The summed E-state index contributed by atoms with van der Waals surface area (Å²) in [6.45, 7) is 0.445. The standard InChI is InChI=1S/C27H30N2O8SSe/c30-29(31)24-15-7-8-16-26(24)38(32,33)28-23(19-21-11-3-1-4-12-21)25(37-27-17-9-10-18-36-27)20-39(34,35)22-13-5-2-6-14-22/h1-8,11-16,23,25,27-28H,9-10,17-20H2/t23-,25+,27+/m0/s1. The fourth-order valence-corrected chi connectivity index (χ4v) is 9.02. The molecule has 1 aliphatic rings. The number of hydrogen-bond donors (Lipinski definition) is 1. The van der Waals surface area contributed by atoms with Gasteiger partial charge in [-0.25, -0.2) is 0 Å². The van der Waals surface area contributed by atoms with Crippen LogP contribution in [0.15, 0.2) is 89.8 Å². The molecule has 1 heterocycles. The molecule has 1 aliphatic heterocycles. The van der Waals surface area contributed by atoms with E-state index >= 15 is 0 Å². The summed E-state index contributed by atoms with van der Waals surface area (Å²) in [5, 5.41) is 11.1. The van der Waals surface area contributed by atoms with Gasteiger partial charge in [-0.15, -0.1) is 0 Å². The quantitative estimate of drug-likeness (QED) is 0.184. The molecule has 10 nitrogen and oxygen atoms in total. The second kappa shape index (κ2) is 12.9. The molecule has 0 spiro atoms. The van der Waals surface area contributed by atoms with E-state index in [4.69, 9.17) is 9.47 Å². The number of nitro benzene ring substituents is 1. The Hall–Kier alpha value is -2.99. The van der Waals surface area contributed by atoms with Crippen LogP contribution in [0.25, 0.3) is 0 Å². The molecule has 208 valence electrons. The summed E-state index contributed by atoms with van der Waals surface area (Å²) in [5.74, 6) is 0. The third-order valence-electron chi connectivity index (χ3n) is 6.36. The Bertz CT molecular complexity index is 1460. The van der Waals surface area contributed by atoms with Gasteiger partial charge in [0.1, 0.15) is 0 Å². The van der Waals surface area contributed by atoms with Crippen molar-refractivity contribution in [2.45, 2.75) is 54.3 Å². The molecule has 0 amide bonds. The third kappa shape index (κ3) is 7.78. The zero-order chi connectivity index (χ0) is 27.9. The van der Waals surface area contributed by atoms with Crippen molar-refractivity contribution in [3.8, 4) is 0 Å². The van der Waals surface area contributed by atoms with Gasteiger partial charge in [0.05, 0.1) is 0 Å². The fraction of sp³-hybridized carbons (Fsp3) is 0.333. The molecular formula is C27H30N2O8SSe. The molecule has 1 saturated heterocycles. The SMILES string of the molecule is O=[N+]([O-])c1ccccc1S(=O)(=O)N[C@@H](Cc1ccccc1)[C@@H](C[Se](=O)(=O)c1ccccc1)O[C@@H]1CCCCO1. The number of benzene rings is 3. The van der Waals surface area contributed by atoms with Gasteiger partial charge in [0.25, 0.3) is 0 Å². The van der Waals surface area contributed by atoms with Crippen LogP contribution >= 0.6 is 0 Å². The van der Waals surface area contributed by atoms with Gasteiger partial charge >= 0.3 is 230 Å². The molecule has 0 bridgehead atoms. The molecule has 3 aromatic carbocycles. The monoisotopic (exact) mass is 622 g/mol. The second-order valence-corrected chi connectivity index (χ2v) is 15.2. The molecule has 3 atom stereocenters.